The van der Waals surface area contributed by atoms with Crippen LogP contribution in [0.25, 0.3) is 0 Å². The maximum atomic E-state index is 11.9. The number of nitrogens with zero attached hydrogens (tertiary/aromatic N) is 1. The minimum Gasteiger partial charge on any atom is -0.494 e. The van der Waals surface area contributed by atoms with Crippen LogP contribution in [0.4, 0.5) is 0 Å². The van der Waals surface area contributed by atoms with E-state index in [2.05, 4.69) is 46.8 Å². The van der Waals surface area contributed by atoms with Crippen molar-refractivity contribution < 1.29 is 9.53 Å². The summed E-state index contributed by atoms with van der Waals surface area (Å²) < 4.78 is 5.85. The van der Waals surface area contributed by atoms with Crippen molar-refractivity contribution >= 4 is 21.7 Å². The molecule has 0 aromatic carbocycles. The number of hydrogen-bond acceptors (Lipinski definition) is 3. The van der Waals surface area contributed by atoms with Crippen LogP contribution in [-0.2, 0) is 9.53 Å². The summed E-state index contributed by atoms with van der Waals surface area (Å²) in [6, 6.07) is 0. The molecule has 0 spiro atoms. The Kier molecular flexibility index (Phi) is 5.91. The van der Waals surface area contributed by atoms with E-state index in [1.165, 1.54) is 12.8 Å². The van der Waals surface area contributed by atoms with Gasteiger partial charge in [-0.05, 0) is 51.7 Å². The first-order valence-electron chi connectivity index (χ1n) is 7.92. The third-order valence-corrected chi connectivity index (χ3v) is 4.86. The average Bonchev–Trinajstić information content (AvgIpc) is 2.55. The van der Waals surface area contributed by atoms with Crippen molar-refractivity contribution in [2.45, 2.75) is 57.9 Å². The standard InChI is InChI=1S/C17H26BrNO2/c1-17(2)8-6-15(20)12-14-13-16(7-10-19(14)17)21-11-5-3-4-9-18/h7,13H,3-6,8-12H2,1-2H3. The third-order valence-electron chi connectivity index (χ3n) is 4.30. The molecule has 2 rings (SSSR count). The molecular formula is C17H26BrNO2. The Labute approximate surface area is 136 Å². The van der Waals surface area contributed by atoms with Gasteiger partial charge in [0.25, 0.3) is 0 Å². The molecule has 0 radical (unpaired) electrons. The van der Waals surface area contributed by atoms with Gasteiger partial charge in [-0.1, -0.05) is 15.9 Å². The van der Waals surface area contributed by atoms with Gasteiger partial charge in [-0.2, -0.15) is 0 Å². The number of ketones is 1. The van der Waals surface area contributed by atoms with E-state index in [9.17, 15) is 4.79 Å². The minimum atomic E-state index is 0.0515. The monoisotopic (exact) mass is 355 g/mol. The van der Waals surface area contributed by atoms with Crippen LogP contribution >= 0.6 is 15.9 Å². The molecule has 0 amide bonds. The normalized spacial score (nSPS) is 21.3. The van der Waals surface area contributed by atoms with Gasteiger partial charge in [-0.25, -0.2) is 0 Å². The predicted molar refractivity (Wildman–Crippen MR) is 89.4 cm³/mol. The fraction of sp³-hybridized carbons (Fsp3) is 0.706. The molecule has 0 unspecified atom stereocenters. The number of rotatable bonds is 6. The number of allylic oxidation sites excluding steroid dienone is 2. The van der Waals surface area contributed by atoms with E-state index in [4.69, 9.17) is 4.74 Å². The maximum absolute atomic E-state index is 11.9. The van der Waals surface area contributed by atoms with Gasteiger partial charge in [-0.15, -0.1) is 0 Å². The van der Waals surface area contributed by atoms with Gasteiger partial charge in [0.15, 0.2) is 0 Å². The van der Waals surface area contributed by atoms with E-state index in [0.29, 0.717) is 18.6 Å². The summed E-state index contributed by atoms with van der Waals surface area (Å²) in [6.07, 6.45) is 9.84. The highest BCUT2D eigenvalue weighted by molar-refractivity contribution is 9.09. The highest BCUT2D eigenvalue weighted by Crippen LogP contribution is 2.33. The van der Waals surface area contributed by atoms with E-state index in [1.54, 1.807) is 0 Å². The van der Waals surface area contributed by atoms with Crippen LogP contribution in [0.3, 0.4) is 0 Å². The molecule has 21 heavy (non-hydrogen) atoms. The summed E-state index contributed by atoms with van der Waals surface area (Å²) in [5.41, 5.74) is 1.18. The highest BCUT2D eigenvalue weighted by atomic mass is 79.9. The van der Waals surface area contributed by atoms with Crippen LogP contribution in [0.1, 0.15) is 52.4 Å². The number of hydrogen-bond donors (Lipinski definition) is 0. The van der Waals surface area contributed by atoms with Crippen LogP contribution in [0.5, 0.6) is 0 Å². The van der Waals surface area contributed by atoms with Gasteiger partial charge in [0.1, 0.15) is 11.5 Å². The molecule has 1 saturated heterocycles. The molecule has 0 aliphatic carbocycles. The highest BCUT2D eigenvalue weighted by Gasteiger charge is 2.33. The Balaban J connectivity index is 1.94. The molecule has 2 aliphatic heterocycles. The van der Waals surface area contributed by atoms with E-state index >= 15 is 0 Å². The molecule has 0 saturated carbocycles. The minimum absolute atomic E-state index is 0.0515. The number of Topliss-reactive ketones (excluding diaryl/α,β-unsaturated/α-hetero) is 1. The smallest absolute Gasteiger partial charge is 0.138 e. The van der Waals surface area contributed by atoms with Gasteiger partial charge < -0.3 is 9.64 Å². The van der Waals surface area contributed by atoms with Crippen LogP contribution in [-0.4, -0.2) is 34.7 Å². The summed E-state index contributed by atoms with van der Waals surface area (Å²) >= 11 is 3.44. The molecule has 1 fully saturated rings. The van der Waals surface area contributed by atoms with E-state index < -0.39 is 0 Å². The molecular weight excluding hydrogens is 330 g/mol. The fourth-order valence-corrected chi connectivity index (χ4v) is 3.31. The number of alkyl halides is 1. The van der Waals surface area contributed by atoms with Gasteiger partial charge >= 0.3 is 0 Å². The number of ether oxygens (including phenoxy) is 1. The summed E-state index contributed by atoms with van der Waals surface area (Å²) in [6.45, 7) is 6.06. The third kappa shape index (κ3) is 4.60. The fourth-order valence-electron chi connectivity index (χ4n) is 2.92. The topological polar surface area (TPSA) is 29.5 Å². The lowest BCUT2D eigenvalue weighted by Crippen LogP contribution is -2.43. The zero-order valence-corrected chi connectivity index (χ0v) is 14.7. The van der Waals surface area contributed by atoms with Crippen molar-refractivity contribution in [1.82, 2.24) is 4.90 Å². The van der Waals surface area contributed by atoms with Crippen LogP contribution in [0, 0.1) is 0 Å². The summed E-state index contributed by atoms with van der Waals surface area (Å²) in [7, 11) is 0. The van der Waals surface area contributed by atoms with Gasteiger partial charge in [0.05, 0.1) is 6.61 Å². The van der Waals surface area contributed by atoms with Crippen molar-refractivity contribution in [3.05, 3.63) is 23.6 Å². The first-order chi connectivity index (χ1) is 10.0. The van der Waals surface area contributed by atoms with Gasteiger partial charge in [-0.3, -0.25) is 4.79 Å². The zero-order valence-electron chi connectivity index (χ0n) is 13.2. The molecule has 118 valence electrons. The van der Waals surface area contributed by atoms with E-state index in [1.807, 2.05) is 0 Å². The van der Waals surface area contributed by atoms with Crippen molar-refractivity contribution in [1.29, 1.82) is 0 Å². The van der Waals surface area contributed by atoms with Crippen molar-refractivity contribution in [2.24, 2.45) is 0 Å². The Hall–Kier alpha value is -0.770. The van der Waals surface area contributed by atoms with E-state index in [-0.39, 0.29) is 5.54 Å². The molecule has 0 N–H and O–H groups in total. The number of carbonyl (C=O) groups is 1. The van der Waals surface area contributed by atoms with Gasteiger partial charge in [0, 0.05) is 36.0 Å². The maximum Gasteiger partial charge on any atom is 0.138 e. The molecule has 0 aromatic rings. The SMILES string of the molecule is CC1(C)CCC(=O)CC2=CC(OCCCCCBr)=CCN21. The van der Waals surface area contributed by atoms with Crippen LogP contribution < -0.4 is 0 Å². The second kappa shape index (κ2) is 7.48. The lowest BCUT2D eigenvalue weighted by atomic mass is 9.96. The number of halogens is 1. The molecule has 0 atom stereocenters. The van der Waals surface area contributed by atoms with Crippen LogP contribution in [0.15, 0.2) is 23.6 Å². The summed E-state index contributed by atoms with van der Waals surface area (Å²) in [5, 5.41) is 1.06. The Morgan fingerprint density at radius 3 is 2.90 bits per heavy atom. The van der Waals surface area contributed by atoms with E-state index in [0.717, 1.165) is 42.8 Å². The summed E-state index contributed by atoms with van der Waals surface area (Å²) in [4.78, 5) is 14.3. The molecule has 4 heteroatoms. The molecule has 3 nitrogen and oxygen atoms in total. The quantitative estimate of drug-likeness (QED) is 0.528. The molecule has 2 heterocycles. The lowest BCUT2D eigenvalue weighted by molar-refractivity contribution is -0.118. The first-order valence-corrected chi connectivity index (χ1v) is 9.04. The first kappa shape index (κ1) is 16.6. The largest absolute Gasteiger partial charge is 0.494 e. The Morgan fingerprint density at radius 2 is 2.14 bits per heavy atom. The average molecular weight is 356 g/mol. The Bertz CT molecular complexity index is 440. The van der Waals surface area contributed by atoms with Gasteiger partial charge in [0.2, 0.25) is 0 Å². The second-order valence-electron chi connectivity index (χ2n) is 6.48. The number of fused-ring (bicyclic) bond motifs is 1. The van der Waals surface area contributed by atoms with Crippen molar-refractivity contribution in [2.75, 3.05) is 18.5 Å². The molecule has 0 aromatic heterocycles. The van der Waals surface area contributed by atoms with Crippen molar-refractivity contribution in [3.8, 4) is 0 Å². The number of carbonyl (C=O) groups excluding carboxylic acids is 1. The molecule has 2 aliphatic rings. The zero-order chi connectivity index (χ0) is 15.3. The van der Waals surface area contributed by atoms with Crippen LogP contribution in [0.2, 0.25) is 0 Å². The second-order valence-corrected chi connectivity index (χ2v) is 7.27. The number of unbranched alkanes of at least 4 members (excludes halogenated alkanes) is 2. The lowest BCUT2D eigenvalue weighted by Gasteiger charge is -2.41. The Morgan fingerprint density at radius 1 is 1.33 bits per heavy atom. The predicted octanol–water partition coefficient (Wildman–Crippen LogP) is 4.18. The van der Waals surface area contributed by atoms with Crippen molar-refractivity contribution in [3.63, 3.8) is 0 Å². The summed E-state index contributed by atoms with van der Waals surface area (Å²) in [5.74, 6) is 1.28. The molecule has 0 bridgehead atoms.